The maximum absolute atomic E-state index is 14.3. The number of primary amides is 1. The minimum atomic E-state index is -3.12. The van der Waals surface area contributed by atoms with Crippen molar-refractivity contribution in [3.05, 3.63) is 112 Å². The fourth-order valence-corrected chi connectivity index (χ4v) is 6.48. The van der Waals surface area contributed by atoms with Gasteiger partial charge < -0.3 is 36.0 Å². The van der Waals surface area contributed by atoms with Gasteiger partial charge in [0.2, 0.25) is 5.78 Å². The van der Waals surface area contributed by atoms with E-state index in [1.165, 1.54) is 6.07 Å². The van der Waals surface area contributed by atoms with E-state index in [9.17, 15) is 49.5 Å². The summed E-state index contributed by atoms with van der Waals surface area (Å²) in [5.74, 6) is -12.0. The Hall–Kier alpha value is -6.03. The molecule has 0 aromatic heterocycles. The van der Waals surface area contributed by atoms with Crippen molar-refractivity contribution in [3.8, 4) is 5.75 Å². The highest BCUT2D eigenvalue weighted by Gasteiger charge is 2.65. The first-order valence-corrected chi connectivity index (χ1v) is 15.0. The molecule has 1 saturated carbocycles. The lowest BCUT2D eigenvalue weighted by Crippen LogP contribution is -2.64. The van der Waals surface area contributed by atoms with E-state index in [2.05, 4.69) is 10.9 Å². The highest BCUT2D eigenvalue weighted by Crippen LogP contribution is 2.53. The summed E-state index contributed by atoms with van der Waals surface area (Å²) in [6.45, 7) is -0.0386. The first-order chi connectivity index (χ1) is 23.4. The number of ether oxygens (including phenoxy) is 1. The van der Waals surface area contributed by atoms with Gasteiger partial charge in [0.1, 0.15) is 29.4 Å². The van der Waals surface area contributed by atoms with Crippen LogP contribution in [-0.4, -0.2) is 66.6 Å². The van der Waals surface area contributed by atoms with Crippen LogP contribution >= 0.6 is 0 Å². The molecule has 0 saturated heterocycles. The SMILES string of the molecule is NC(=O)C1=C(O)[C@@]2(O)C(=O)C3=C(O)c4c(O)ccc(N(NCc5ccccc5)NC(=O)OCc5ccccc5)c4C(=O)[C@H]3[C@H](O)[C@H]2CC1=O. The number of nitrogens with zero attached hydrogens (tertiary/aromatic N) is 1. The Morgan fingerprint density at radius 1 is 0.918 bits per heavy atom. The Kier molecular flexibility index (Phi) is 8.41. The molecule has 1 fully saturated rings. The van der Waals surface area contributed by atoms with Gasteiger partial charge in [0.25, 0.3) is 5.91 Å². The fraction of sp³-hybridized carbons (Fsp3) is 0.206. The van der Waals surface area contributed by atoms with Gasteiger partial charge in [0.05, 0.1) is 34.4 Å². The number of rotatable bonds is 8. The number of carbonyl (C=O) groups excluding carboxylic acids is 5. The van der Waals surface area contributed by atoms with Crippen molar-refractivity contribution in [3.63, 3.8) is 0 Å². The van der Waals surface area contributed by atoms with Gasteiger partial charge in [-0.1, -0.05) is 60.7 Å². The van der Waals surface area contributed by atoms with Crippen LogP contribution in [0.5, 0.6) is 5.75 Å². The molecule has 0 aliphatic heterocycles. The van der Waals surface area contributed by atoms with E-state index in [4.69, 9.17) is 10.5 Å². The number of ketones is 3. The second-order valence-corrected chi connectivity index (χ2v) is 11.7. The summed E-state index contributed by atoms with van der Waals surface area (Å²) in [6, 6.07) is 20.0. The average molecular weight is 671 g/mol. The van der Waals surface area contributed by atoms with Crippen LogP contribution in [0.3, 0.4) is 0 Å². The molecule has 252 valence electrons. The predicted octanol–water partition coefficient (Wildman–Crippen LogP) is 1.39. The Morgan fingerprint density at radius 3 is 2.18 bits per heavy atom. The van der Waals surface area contributed by atoms with E-state index in [-0.39, 0.29) is 18.8 Å². The lowest BCUT2D eigenvalue weighted by Gasteiger charge is -2.48. The van der Waals surface area contributed by atoms with Crippen LogP contribution in [-0.2, 0) is 32.3 Å². The number of hydrogen-bond acceptors (Lipinski definition) is 13. The van der Waals surface area contributed by atoms with Gasteiger partial charge in [0, 0.05) is 18.9 Å². The highest BCUT2D eigenvalue weighted by molar-refractivity contribution is 6.26. The lowest BCUT2D eigenvalue weighted by molar-refractivity contribution is -0.158. The maximum atomic E-state index is 14.3. The summed E-state index contributed by atoms with van der Waals surface area (Å²) < 4.78 is 5.35. The molecule has 4 atom stereocenters. The summed E-state index contributed by atoms with van der Waals surface area (Å²) in [7, 11) is 0. The summed E-state index contributed by atoms with van der Waals surface area (Å²) in [6.07, 6.45) is -3.91. The van der Waals surface area contributed by atoms with Crippen molar-refractivity contribution in [1.29, 1.82) is 0 Å². The van der Waals surface area contributed by atoms with Crippen LogP contribution < -0.4 is 21.7 Å². The third-order valence-electron chi connectivity index (χ3n) is 8.84. The largest absolute Gasteiger partial charge is 0.508 e. The number of amides is 2. The number of aromatic hydroxyl groups is 1. The maximum Gasteiger partial charge on any atom is 0.427 e. The van der Waals surface area contributed by atoms with E-state index in [0.29, 0.717) is 5.56 Å². The van der Waals surface area contributed by atoms with Crippen LogP contribution in [0.1, 0.15) is 33.5 Å². The number of nitrogens with one attached hydrogen (secondary N) is 2. The lowest BCUT2D eigenvalue weighted by atomic mass is 9.57. The second-order valence-electron chi connectivity index (χ2n) is 11.7. The second kappa shape index (κ2) is 12.5. The first-order valence-electron chi connectivity index (χ1n) is 15.0. The van der Waals surface area contributed by atoms with Crippen LogP contribution in [0.25, 0.3) is 5.76 Å². The number of fused-ring (bicyclic) bond motifs is 3. The monoisotopic (exact) mass is 670 g/mol. The molecule has 0 bridgehead atoms. The molecule has 2 amide bonds. The van der Waals surface area contributed by atoms with Crippen LogP contribution in [0, 0.1) is 11.8 Å². The first kappa shape index (κ1) is 32.9. The number of phenols is 1. The van der Waals surface area contributed by atoms with Crippen molar-refractivity contribution >= 4 is 40.8 Å². The van der Waals surface area contributed by atoms with Crippen molar-refractivity contribution < 1.29 is 54.2 Å². The van der Waals surface area contributed by atoms with Gasteiger partial charge in [-0.2, -0.15) is 0 Å². The van der Waals surface area contributed by atoms with E-state index in [1.807, 2.05) is 0 Å². The number of aliphatic hydroxyl groups is 4. The molecule has 0 radical (unpaired) electrons. The number of hydrogen-bond donors (Lipinski definition) is 8. The Balaban J connectivity index is 1.44. The smallest absolute Gasteiger partial charge is 0.427 e. The van der Waals surface area contributed by atoms with E-state index < -0.39 is 98.9 Å². The number of anilines is 1. The highest BCUT2D eigenvalue weighted by atomic mass is 16.6. The quantitative estimate of drug-likeness (QED) is 0.125. The molecule has 0 heterocycles. The topological polar surface area (TPSA) is 249 Å². The molecule has 3 aliphatic carbocycles. The normalized spacial score (nSPS) is 23.0. The van der Waals surface area contributed by atoms with Crippen molar-refractivity contribution in [2.75, 3.05) is 5.12 Å². The molecule has 0 unspecified atom stereocenters. The molecule has 0 spiro atoms. The molecule has 3 aliphatic rings. The number of carbonyl (C=O) groups is 5. The fourth-order valence-electron chi connectivity index (χ4n) is 6.48. The minimum absolute atomic E-state index is 0.0757. The van der Waals surface area contributed by atoms with Gasteiger partial charge in [-0.3, -0.25) is 19.2 Å². The molecule has 6 rings (SSSR count). The van der Waals surface area contributed by atoms with Gasteiger partial charge in [-0.15, -0.1) is 0 Å². The van der Waals surface area contributed by atoms with Gasteiger partial charge >= 0.3 is 6.09 Å². The summed E-state index contributed by atoms with van der Waals surface area (Å²) in [5.41, 5.74) is 5.81. The van der Waals surface area contributed by atoms with Crippen LogP contribution in [0.2, 0.25) is 0 Å². The van der Waals surface area contributed by atoms with Crippen molar-refractivity contribution in [1.82, 2.24) is 10.9 Å². The number of phenolic OH excluding ortho intramolecular Hbond substituents is 1. The van der Waals surface area contributed by atoms with Crippen molar-refractivity contribution in [2.45, 2.75) is 31.3 Å². The molecule has 3 aromatic carbocycles. The number of benzene rings is 3. The average Bonchev–Trinajstić information content (AvgIpc) is 3.08. The Labute approximate surface area is 277 Å². The zero-order valence-corrected chi connectivity index (χ0v) is 25.5. The molecular weight excluding hydrogens is 640 g/mol. The minimum Gasteiger partial charge on any atom is -0.508 e. The summed E-state index contributed by atoms with van der Waals surface area (Å²) in [4.78, 5) is 65.9. The zero-order valence-electron chi connectivity index (χ0n) is 25.5. The molecule has 15 nitrogen and oxygen atoms in total. The summed E-state index contributed by atoms with van der Waals surface area (Å²) in [5, 5.41) is 57.1. The van der Waals surface area contributed by atoms with Gasteiger partial charge in [-0.05, 0) is 23.3 Å². The number of nitrogens with two attached hydrogens (primary N) is 1. The Morgan fingerprint density at radius 2 is 1.55 bits per heavy atom. The van der Waals surface area contributed by atoms with E-state index >= 15 is 0 Å². The van der Waals surface area contributed by atoms with Gasteiger partial charge in [-0.25, -0.2) is 20.8 Å². The Bertz CT molecular complexity index is 1960. The third kappa shape index (κ3) is 5.44. The summed E-state index contributed by atoms with van der Waals surface area (Å²) >= 11 is 0. The number of hydrazine groups is 2. The van der Waals surface area contributed by atoms with Crippen LogP contribution in [0.4, 0.5) is 10.5 Å². The standard InChI is InChI=1S/C34H30N4O11/c35-32(46)24-21(40)13-18-27(41)25-26(31(45)34(18,48)30(24)44)29(43)23-20(39)12-11-19(22(23)28(25)42)38(36-14-16-7-3-1-4-8-16)37-33(47)49-15-17-9-5-2-6-10-17/h1-12,18,25,27,36,39,41,43-44,48H,13-15H2,(H2,35,46)(H,37,47)/t18-,25-,27-,34-/m1/s1. The molecule has 3 aromatic rings. The zero-order chi connectivity index (χ0) is 35.2. The van der Waals surface area contributed by atoms with Crippen molar-refractivity contribution in [2.24, 2.45) is 17.6 Å². The van der Waals surface area contributed by atoms with Crippen LogP contribution in [0.15, 0.2) is 89.7 Å². The van der Waals surface area contributed by atoms with Gasteiger partial charge in [0.15, 0.2) is 17.2 Å². The molecule has 15 heteroatoms. The third-order valence-corrected chi connectivity index (χ3v) is 8.84. The predicted molar refractivity (Wildman–Crippen MR) is 169 cm³/mol. The number of aliphatic hydroxyl groups excluding tert-OH is 3. The molecule has 49 heavy (non-hydrogen) atoms. The molecular formula is C34H30N4O11. The molecule has 9 N–H and O–H groups in total. The van der Waals surface area contributed by atoms with E-state index in [0.717, 1.165) is 16.7 Å². The number of Topliss-reactive ketones (excluding diaryl/α,β-unsaturated/α-hetero) is 3. The van der Waals surface area contributed by atoms with E-state index in [1.54, 1.807) is 60.7 Å².